The van der Waals surface area contributed by atoms with Crippen LogP contribution < -0.4 is 35.5 Å². The fourth-order valence-corrected chi connectivity index (χ4v) is 7.88. The van der Waals surface area contributed by atoms with Gasteiger partial charge >= 0.3 is 6.18 Å². The van der Waals surface area contributed by atoms with Crippen LogP contribution >= 0.6 is 11.6 Å². The third-order valence-corrected chi connectivity index (χ3v) is 10.7. The summed E-state index contributed by atoms with van der Waals surface area (Å²) in [6.45, 7) is 1.67. The van der Waals surface area contributed by atoms with Crippen molar-refractivity contribution in [1.82, 2.24) is 31.2 Å². The number of rotatable bonds is 14. The average Bonchev–Trinajstić information content (AvgIpc) is 3.91. The Bertz CT molecular complexity index is 2080. The van der Waals surface area contributed by atoms with Gasteiger partial charge < -0.3 is 35.5 Å². The maximum absolute atomic E-state index is 14.5. The molecule has 4 N–H and O–H groups in total. The van der Waals surface area contributed by atoms with Crippen molar-refractivity contribution in [1.29, 1.82) is 0 Å². The molecule has 0 bridgehead atoms. The molecule has 3 atom stereocenters. The molecule has 15 heteroatoms. The molecule has 2 fully saturated rings. The first-order valence-electron chi connectivity index (χ1n) is 18.3. The van der Waals surface area contributed by atoms with Crippen LogP contribution in [0.2, 0.25) is 5.02 Å². The van der Waals surface area contributed by atoms with E-state index in [1.807, 2.05) is 42.5 Å². The number of pyridine rings is 2. The standard InChI is InChI=1S/C40H42ClF3N6O5/c1-53-33-17-22(6-7-23(33)18-45-20-25-8-12-34(51)48-25)37-36(41)30(14-15-47-37)27-4-3-5-29-28(27)10-11-32(29)55-39-31(40(42,43)44)16-24(38(50-39)54-2)19-46-21-26-9-13-35(52)49-26/h3-7,14-17,25-26,32,45-46H,8-13,18-21H2,1-2H3,(H,48,51)(H,49,52)/t25?,26?,32-/m0/s1. The number of nitrogens with zero attached hydrogens (tertiary/aromatic N) is 2. The minimum absolute atomic E-state index is 0.0222. The van der Waals surface area contributed by atoms with Crippen LogP contribution in [0, 0.1) is 0 Å². The van der Waals surface area contributed by atoms with Gasteiger partial charge in [0.15, 0.2) is 0 Å². The number of aromatic nitrogens is 2. The molecule has 290 valence electrons. The second kappa shape index (κ2) is 16.4. The van der Waals surface area contributed by atoms with Gasteiger partial charge in [-0.15, -0.1) is 0 Å². The topological polar surface area (TPSA) is 136 Å². The highest BCUT2D eigenvalue weighted by atomic mass is 35.5. The summed E-state index contributed by atoms with van der Waals surface area (Å²) in [5.41, 5.74) is 4.73. The van der Waals surface area contributed by atoms with E-state index in [0.29, 0.717) is 68.2 Å². The maximum atomic E-state index is 14.5. The number of hydrogen-bond donors (Lipinski definition) is 4. The van der Waals surface area contributed by atoms with Crippen LogP contribution in [-0.2, 0) is 35.3 Å². The maximum Gasteiger partial charge on any atom is 0.421 e. The Morgan fingerprint density at radius 1 is 0.836 bits per heavy atom. The van der Waals surface area contributed by atoms with Gasteiger partial charge in [0, 0.05) is 79.6 Å². The Morgan fingerprint density at radius 2 is 1.55 bits per heavy atom. The highest BCUT2D eigenvalue weighted by Crippen LogP contribution is 2.46. The molecule has 4 aromatic rings. The minimum Gasteiger partial charge on any atom is -0.496 e. The average molecular weight is 779 g/mol. The van der Waals surface area contributed by atoms with Gasteiger partial charge in [0.05, 0.1) is 24.9 Å². The number of nitrogens with one attached hydrogen (secondary N) is 4. The summed E-state index contributed by atoms with van der Waals surface area (Å²) in [4.78, 5) is 31.9. The summed E-state index contributed by atoms with van der Waals surface area (Å²) in [6, 6.07) is 14.3. The molecule has 1 aliphatic carbocycles. The molecule has 55 heavy (non-hydrogen) atoms. The largest absolute Gasteiger partial charge is 0.496 e. The van der Waals surface area contributed by atoms with Crippen molar-refractivity contribution < 1.29 is 37.0 Å². The highest BCUT2D eigenvalue weighted by Gasteiger charge is 2.39. The molecule has 2 amide bonds. The molecule has 2 aliphatic heterocycles. The van der Waals surface area contributed by atoms with E-state index in [4.69, 9.17) is 25.8 Å². The van der Waals surface area contributed by atoms with Crippen LogP contribution in [-0.4, -0.2) is 61.2 Å². The zero-order chi connectivity index (χ0) is 38.7. The van der Waals surface area contributed by atoms with Crippen LogP contribution in [0.5, 0.6) is 17.5 Å². The van der Waals surface area contributed by atoms with Gasteiger partial charge in [-0.05, 0) is 60.6 Å². The summed E-state index contributed by atoms with van der Waals surface area (Å²) in [6.07, 6.45) is -0.330. The number of carbonyl (C=O) groups is 2. The van der Waals surface area contributed by atoms with E-state index in [9.17, 15) is 22.8 Å². The fourth-order valence-electron chi connectivity index (χ4n) is 7.56. The molecule has 2 unspecified atom stereocenters. The van der Waals surface area contributed by atoms with Crippen molar-refractivity contribution in [2.24, 2.45) is 0 Å². The number of hydrogen-bond acceptors (Lipinski definition) is 9. The van der Waals surface area contributed by atoms with Crippen molar-refractivity contribution in [3.8, 4) is 39.9 Å². The van der Waals surface area contributed by atoms with Crippen molar-refractivity contribution in [3.05, 3.63) is 87.6 Å². The highest BCUT2D eigenvalue weighted by molar-refractivity contribution is 6.35. The molecule has 2 saturated heterocycles. The van der Waals surface area contributed by atoms with Gasteiger partial charge in [-0.1, -0.05) is 41.9 Å². The lowest BCUT2D eigenvalue weighted by Crippen LogP contribution is -2.35. The van der Waals surface area contributed by atoms with Gasteiger partial charge in [0.25, 0.3) is 0 Å². The van der Waals surface area contributed by atoms with Crippen LogP contribution in [0.3, 0.4) is 0 Å². The van der Waals surface area contributed by atoms with E-state index >= 15 is 0 Å². The Balaban J connectivity index is 1.10. The zero-order valence-electron chi connectivity index (χ0n) is 30.4. The summed E-state index contributed by atoms with van der Waals surface area (Å²) >= 11 is 7.09. The quantitative estimate of drug-likeness (QED) is 0.116. The number of carbonyl (C=O) groups excluding carboxylic acids is 2. The summed E-state index contributed by atoms with van der Waals surface area (Å²) in [5.74, 6) is 0.167. The molecule has 4 heterocycles. The molecule has 0 spiro atoms. The lowest BCUT2D eigenvalue weighted by atomic mass is 9.95. The van der Waals surface area contributed by atoms with Crippen LogP contribution in [0.4, 0.5) is 13.2 Å². The van der Waals surface area contributed by atoms with E-state index in [1.165, 1.54) is 7.11 Å². The first-order chi connectivity index (χ1) is 26.5. The SMILES string of the molecule is COc1cc(-c2nccc(-c3cccc4c3CC[C@@H]4Oc3nc(OC)c(CNCC4CCC(=O)N4)cc3C(F)(F)F)c2Cl)ccc1CNCC1CCC(=O)N1. The molecule has 3 aliphatic rings. The zero-order valence-corrected chi connectivity index (χ0v) is 31.2. The lowest BCUT2D eigenvalue weighted by molar-refractivity contribution is -0.139. The fraction of sp³-hybridized carbons (Fsp3) is 0.400. The van der Waals surface area contributed by atoms with Gasteiger partial charge in [-0.25, -0.2) is 0 Å². The van der Waals surface area contributed by atoms with Crippen molar-refractivity contribution in [3.63, 3.8) is 0 Å². The van der Waals surface area contributed by atoms with E-state index in [1.54, 1.807) is 13.3 Å². The molecule has 2 aromatic carbocycles. The monoisotopic (exact) mass is 778 g/mol. The summed E-state index contributed by atoms with van der Waals surface area (Å²) in [5, 5.41) is 12.7. The third-order valence-electron chi connectivity index (χ3n) is 10.3. The predicted molar refractivity (Wildman–Crippen MR) is 200 cm³/mol. The number of halogens is 4. The summed E-state index contributed by atoms with van der Waals surface area (Å²) in [7, 11) is 2.96. The molecular formula is C40H42ClF3N6O5. The number of ether oxygens (including phenoxy) is 3. The number of fused-ring (bicyclic) bond motifs is 1. The Hall–Kier alpha value is -4.92. The van der Waals surface area contributed by atoms with E-state index in [2.05, 4.69) is 31.2 Å². The number of benzene rings is 2. The van der Waals surface area contributed by atoms with Crippen molar-refractivity contribution in [2.75, 3.05) is 27.3 Å². The van der Waals surface area contributed by atoms with Crippen LogP contribution in [0.1, 0.15) is 66.0 Å². The first kappa shape index (κ1) is 38.4. The van der Waals surface area contributed by atoms with Crippen LogP contribution in [0.25, 0.3) is 22.4 Å². The van der Waals surface area contributed by atoms with Gasteiger partial charge in [0.1, 0.15) is 17.4 Å². The van der Waals surface area contributed by atoms with E-state index in [0.717, 1.165) is 45.9 Å². The molecule has 7 rings (SSSR count). The molecular weight excluding hydrogens is 737 g/mol. The Kier molecular flexibility index (Phi) is 11.5. The Morgan fingerprint density at radius 3 is 2.18 bits per heavy atom. The number of amides is 2. The third kappa shape index (κ3) is 8.51. The van der Waals surface area contributed by atoms with Crippen molar-refractivity contribution >= 4 is 23.4 Å². The molecule has 11 nitrogen and oxygen atoms in total. The van der Waals surface area contributed by atoms with E-state index in [-0.39, 0.29) is 41.9 Å². The van der Waals surface area contributed by atoms with Crippen LogP contribution in [0.15, 0.2) is 54.7 Å². The Labute approximate surface area is 321 Å². The number of methoxy groups -OCH3 is 2. The normalized spacial score (nSPS) is 19.3. The second-order valence-corrected chi connectivity index (χ2v) is 14.3. The summed E-state index contributed by atoms with van der Waals surface area (Å²) < 4.78 is 60.7. The van der Waals surface area contributed by atoms with Gasteiger partial charge in [-0.3, -0.25) is 14.6 Å². The van der Waals surface area contributed by atoms with Gasteiger partial charge in [0.2, 0.25) is 23.6 Å². The smallest absolute Gasteiger partial charge is 0.421 e. The van der Waals surface area contributed by atoms with Crippen molar-refractivity contribution in [2.45, 2.75) is 76.0 Å². The minimum atomic E-state index is -4.74. The second-order valence-electron chi connectivity index (χ2n) is 13.9. The first-order valence-corrected chi connectivity index (χ1v) is 18.7. The molecule has 2 aromatic heterocycles. The molecule has 0 saturated carbocycles. The predicted octanol–water partition coefficient (Wildman–Crippen LogP) is 6.30. The molecule has 0 radical (unpaired) electrons. The van der Waals surface area contributed by atoms with E-state index < -0.39 is 23.7 Å². The number of alkyl halides is 3. The lowest BCUT2D eigenvalue weighted by Gasteiger charge is -2.21. The van der Waals surface area contributed by atoms with Gasteiger partial charge in [-0.2, -0.15) is 18.2 Å².